The Morgan fingerprint density at radius 3 is 2.28 bits per heavy atom. The van der Waals surface area contributed by atoms with Gasteiger partial charge in [-0.15, -0.1) is 0 Å². The number of piperidine rings is 1. The highest BCUT2D eigenvalue weighted by Gasteiger charge is 2.35. The molecule has 2 aliphatic heterocycles. The number of hydrogen-bond acceptors (Lipinski definition) is 4. The molecule has 0 aliphatic carbocycles. The van der Waals surface area contributed by atoms with Crippen LogP contribution in [0.15, 0.2) is 48.5 Å². The number of carbonyl (C=O) groups excluding carboxylic acids is 2. The number of carbonyl (C=O) groups is 2. The van der Waals surface area contributed by atoms with Gasteiger partial charge in [-0.05, 0) is 67.6 Å². The minimum atomic E-state index is 0.0966. The Morgan fingerprint density at radius 1 is 0.966 bits per heavy atom. The van der Waals surface area contributed by atoms with Crippen molar-refractivity contribution in [3.63, 3.8) is 0 Å². The maximum atomic E-state index is 13.3. The maximum absolute atomic E-state index is 13.3. The Labute approximate surface area is 172 Å². The van der Waals surface area contributed by atoms with E-state index in [9.17, 15) is 9.59 Å². The average molecular weight is 392 g/mol. The van der Waals surface area contributed by atoms with Gasteiger partial charge in [0, 0.05) is 36.8 Å². The Hall–Kier alpha value is -2.82. The Morgan fingerprint density at radius 2 is 1.66 bits per heavy atom. The Bertz CT molecular complexity index is 839. The lowest BCUT2D eigenvalue weighted by Crippen LogP contribution is -2.42. The number of methoxy groups -OCH3 is 1. The molecule has 2 fully saturated rings. The van der Waals surface area contributed by atoms with Crippen molar-refractivity contribution < 1.29 is 14.3 Å². The van der Waals surface area contributed by atoms with E-state index in [0.717, 1.165) is 63.0 Å². The van der Waals surface area contributed by atoms with Gasteiger partial charge >= 0.3 is 0 Å². The topological polar surface area (TPSA) is 49.9 Å². The molecule has 0 N–H and O–H groups in total. The highest BCUT2D eigenvalue weighted by molar-refractivity contribution is 5.80. The van der Waals surface area contributed by atoms with E-state index in [1.165, 1.54) is 5.56 Å². The molecule has 2 aromatic rings. The number of likely N-dealkylation sites (tertiary alicyclic amines) is 1. The van der Waals surface area contributed by atoms with Crippen molar-refractivity contribution in [2.24, 2.45) is 5.92 Å². The third kappa shape index (κ3) is 4.14. The molecule has 2 aliphatic rings. The van der Waals surface area contributed by atoms with Crippen LogP contribution in [0.2, 0.25) is 0 Å². The van der Waals surface area contributed by atoms with Crippen molar-refractivity contribution in [1.29, 1.82) is 0 Å². The van der Waals surface area contributed by atoms with Gasteiger partial charge in [-0.1, -0.05) is 12.1 Å². The standard InChI is InChI=1S/C24H28N2O3/c1-29-22-10-6-19(7-11-22)23-3-2-14-26(23)24(28)20-12-15-25(16-13-20)21-8-4-18(17-27)5-9-21/h4-11,17,20,23H,2-3,12-16H2,1H3/t23-/m0/s1. The second kappa shape index (κ2) is 8.68. The highest BCUT2D eigenvalue weighted by Crippen LogP contribution is 2.35. The van der Waals surface area contributed by atoms with Gasteiger partial charge < -0.3 is 14.5 Å². The largest absolute Gasteiger partial charge is 0.497 e. The molecular weight excluding hydrogens is 364 g/mol. The third-order valence-electron chi connectivity index (χ3n) is 6.27. The van der Waals surface area contributed by atoms with Crippen molar-refractivity contribution in [3.05, 3.63) is 59.7 Å². The number of anilines is 1. The molecule has 1 amide bonds. The lowest BCUT2D eigenvalue weighted by atomic mass is 9.94. The fraction of sp³-hybridized carbons (Fsp3) is 0.417. The number of aldehydes is 1. The molecular formula is C24H28N2O3. The van der Waals surface area contributed by atoms with Crippen LogP contribution in [0.4, 0.5) is 5.69 Å². The monoisotopic (exact) mass is 392 g/mol. The summed E-state index contributed by atoms with van der Waals surface area (Å²) in [5.74, 6) is 1.25. The first-order chi connectivity index (χ1) is 14.2. The fourth-order valence-electron chi connectivity index (χ4n) is 4.59. The van der Waals surface area contributed by atoms with E-state index in [0.29, 0.717) is 11.5 Å². The lowest BCUT2D eigenvalue weighted by molar-refractivity contribution is -0.137. The Balaban J connectivity index is 1.38. The van der Waals surface area contributed by atoms with E-state index in [2.05, 4.69) is 21.9 Å². The smallest absolute Gasteiger partial charge is 0.226 e. The third-order valence-corrected chi connectivity index (χ3v) is 6.27. The van der Waals surface area contributed by atoms with Crippen molar-refractivity contribution in [3.8, 4) is 5.75 Å². The van der Waals surface area contributed by atoms with Crippen molar-refractivity contribution in [1.82, 2.24) is 4.90 Å². The van der Waals surface area contributed by atoms with Crippen LogP contribution in [0.25, 0.3) is 0 Å². The number of nitrogens with zero attached hydrogens (tertiary/aromatic N) is 2. The first kappa shape index (κ1) is 19.5. The van der Waals surface area contributed by atoms with Gasteiger partial charge in [-0.3, -0.25) is 9.59 Å². The summed E-state index contributed by atoms with van der Waals surface area (Å²) in [5.41, 5.74) is 3.01. The number of benzene rings is 2. The zero-order valence-electron chi connectivity index (χ0n) is 16.9. The second-order valence-electron chi connectivity index (χ2n) is 7.93. The van der Waals surface area contributed by atoms with Crippen molar-refractivity contribution >= 4 is 17.9 Å². The number of amides is 1. The van der Waals surface area contributed by atoms with Crippen LogP contribution in [0.5, 0.6) is 5.75 Å². The zero-order chi connectivity index (χ0) is 20.2. The zero-order valence-corrected chi connectivity index (χ0v) is 16.9. The van der Waals surface area contributed by atoms with Gasteiger partial charge in [0.15, 0.2) is 0 Å². The summed E-state index contributed by atoms with van der Waals surface area (Å²) in [6, 6.07) is 16.0. The van der Waals surface area contributed by atoms with Crippen molar-refractivity contribution in [2.75, 3.05) is 31.6 Å². The van der Waals surface area contributed by atoms with Gasteiger partial charge in [-0.2, -0.15) is 0 Å². The van der Waals surface area contributed by atoms with Gasteiger partial charge in [0.25, 0.3) is 0 Å². The molecule has 0 aromatic heterocycles. The van der Waals surface area contributed by atoms with Crippen LogP contribution in [-0.4, -0.2) is 43.8 Å². The SMILES string of the molecule is COc1ccc([C@@H]2CCCN2C(=O)C2CCN(c3ccc(C=O)cc3)CC2)cc1. The van der Waals surface area contributed by atoms with Gasteiger partial charge in [-0.25, -0.2) is 0 Å². The van der Waals surface area contributed by atoms with Gasteiger partial charge in [0.1, 0.15) is 12.0 Å². The molecule has 0 spiro atoms. The van der Waals surface area contributed by atoms with E-state index in [1.807, 2.05) is 36.4 Å². The molecule has 5 nitrogen and oxygen atoms in total. The molecule has 5 heteroatoms. The van der Waals surface area contributed by atoms with Crippen LogP contribution in [-0.2, 0) is 4.79 Å². The summed E-state index contributed by atoms with van der Waals surface area (Å²) in [6.07, 6.45) is 4.70. The summed E-state index contributed by atoms with van der Waals surface area (Å²) in [4.78, 5) is 28.5. The minimum Gasteiger partial charge on any atom is -0.497 e. The van der Waals surface area contributed by atoms with Crippen LogP contribution >= 0.6 is 0 Å². The molecule has 0 saturated carbocycles. The molecule has 0 radical (unpaired) electrons. The van der Waals surface area contributed by atoms with Crippen LogP contribution in [0, 0.1) is 5.92 Å². The van der Waals surface area contributed by atoms with E-state index in [4.69, 9.17) is 4.74 Å². The number of rotatable bonds is 5. The molecule has 29 heavy (non-hydrogen) atoms. The molecule has 2 saturated heterocycles. The predicted molar refractivity (Wildman–Crippen MR) is 113 cm³/mol. The quantitative estimate of drug-likeness (QED) is 0.719. The molecule has 2 heterocycles. The number of ether oxygens (including phenoxy) is 1. The Kier molecular flexibility index (Phi) is 5.84. The summed E-state index contributed by atoms with van der Waals surface area (Å²) in [6.45, 7) is 2.60. The van der Waals surface area contributed by atoms with Gasteiger partial charge in [0.05, 0.1) is 13.2 Å². The predicted octanol–water partition coefficient (Wildman–Crippen LogP) is 4.09. The molecule has 152 valence electrons. The lowest BCUT2D eigenvalue weighted by Gasteiger charge is -2.36. The van der Waals surface area contributed by atoms with E-state index < -0.39 is 0 Å². The molecule has 2 aromatic carbocycles. The first-order valence-electron chi connectivity index (χ1n) is 10.4. The fourth-order valence-corrected chi connectivity index (χ4v) is 4.59. The molecule has 0 bridgehead atoms. The maximum Gasteiger partial charge on any atom is 0.226 e. The number of hydrogen-bond donors (Lipinski definition) is 0. The normalized spacial score (nSPS) is 20.0. The summed E-state index contributed by atoms with van der Waals surface area (Å²) in [7, 11) is 1.67. The van der Waals surface area contributed by atoms with E-state index in [1.54, 1.807) is 7.11 Å². The minimum absolute atomic E-state index is 0.0966. The van der Waals surface area contributed by atoms with Crippen LogP contribution in [0.3, 0.4) is 0 Å². The molecule has 4 rings (SSSR count). The van der Waals surface area contributed by atoms with E-state index >= 15 is 0 Å². The highest BCUT2D eigenvalue weighted by atomic mass is 16.5. The summed E-state index contributed by atoms with van der Waals surface area (Å²) in [5, 5.41) is 0. The average Bonchev–Trinajstić information content (AvgIpc) is 3.29. The van der Waals surface area contributed by atoms with Crippen molar-refractivity contribution in [2.45, 2.75) is 31.7 Å². The summed E-state index contributed by atoms with van der Waals surface area (Å²) < 4.78 is 5.26. The first-order valence-corrected chi connectivity index (χ1v) is 10.4. The van der Waals surface area contributed by atoms with Crippen LogP contribution < -0.4 is 9.64 Å². The van der Waals surface area contributed by atoms with Crippen LogP contribution in [0.1, 0.15) is 47.6 Å². The van der Waals surface area contributed by atoms with E-state index in [-0.39, 0.29) is 12.0 Å². The van der Waals surface area contributed by atoms with Gasteiger partial charge in [0.2, 0.25) is 5.91 Å². The molecule has 0 unspecified atom stereocenters. The summed E-state index contributed by atoms with van der Waals surface area (Å²) >= 11 is 0. The second-order valence-corrected chi connectivity index (χ2v) is 7.93. The molecule has 1 atom stereocenters.